The van der Waals surface area contributed by atoms with Crippen LogP contribution < -0.4 is 19.1 Å². The van der Waals surface area contributed by atoms with Gasteiger partial charge in [0.25, 0.3) is 10.0 Å². The molecule has 0 bridgehead atoms. The van der Waals surface area contributed by atoms with E-state index in [2.05, 4.69) is 5.32 Å². The number of nitrogens with zero attached hydrogens (tertiary/aromatic N) is 1. The van der Waals surface area contributed by atoms with Crippen molar-refractivity contribution in [2.24, 2.45) is 0 Å². The van der Waals surface area contributed by atoms with E-state index in [1.54, 1.807) is 42.5 Å². The summed E-state index contributed by atoms with van der Waals surface area (Å²) >= 11 is 1.53. The predicted octanol–water partition coefficient (Wildman–Crippen LogP) is 3.87. The van der Waals surface area contributed by atoms with Crippen LogP contribution in [0.25, 0.3) is 0 Å². The van der Waals surface area contributed by atoms with E-state index in [1.807, 2.05) is 43.5 Å². The maximum absolute atomic E-state index is 13.5. The maximum Gasteiger partial charge on any atom is 0.264 e. The van der Waals surface area contributed by atoms with Crippen LogP contribution in [-0.4, -0.2) is 46.4 Å². The van der Waals surface area contributed by atoms with Crippen molar-refractivity contribution in [3.8, 4) is 11.5 Å². The Morgan fingerprint density at radius 3 is 2.38 bits per heavy atom. The number of rotatable bonds is 8. The van der Waals surface area contributed by atoms with Crippen LogP contribution in [0.4, 0.5) is 5.69 Å². The quantitative estimate of drug-likeness (QED) is 0.475. The number of sulfonamides is 1. The Hall–Kier alpha value is -3.17. The number of nitrogens with one attached hydrogen (secondary N) is 1. The van der Waals surface area contributed by atoms with E-state index >= 15 is 0 Å². The van der Waals surface area contributed by atoms with Crippen LogP contribution in [-0.2, 0) is 14.8 Å². The molecule has 0 saturated carbocycles. The molecule has 9 heteroatoms. The second kappa shape index (κ2) is 10.4. The average molecular weight is 499 g/mol. The fourth-order valence-corrected chi connectivity index (χ4v) is 5.31. The van der Waals surface area contributed by atoms with Gasteiger partial charge in [-0.25, -0.2) is 8.42 Å². The van der Waals surface area contributed by atoms with Crippen molar-refractivity contribution in [3.63, 3.8) is 0 Å². The minimum absolute atomic E-state index is 0.124. The van der Waals surface area contributed by atoms with Gasteiger partial charge in [-0.05, 0) is 61.7 Å². The number of para-hydroxylation sites is 2. The number of amides is 1. The summed E-state index contributed by atoms with van der Waals surface area (Å²) in [5.41, 5.74) is 1.41. The molecule has 34 heavy (non-hydrogen) atoms. The van der Waals surface area contributed by atoms with E-state index in [9.17, 15) is 13.2 Å². The summed E-state index contributed by atoms with van der Waals surface area (Å²) in [6.07, 6.45) is 1.55. The highest BCUT2D eigenvalue weighted by Crippen LogP contribution is 2.30. The number of hydrogen-bond acceptors (Lipinski definition) is 6. The Morgan fingerprint density at radius 1 is 1.03 bits per heavy atom. The Bertz CT molecular complexity index is 1250. The minimum Gasteiger partial charge on any atom is -0.486 e. The van der Waals surface area contributed by atoms with Gasteiger partial charge in [0.2, 0.25) is 5.91 Å². The molecule has 3 aromatic rings. The van der Waals surface area contributed by atoms with Crippen molar-refractivity contribution in [1.82, 2.24) is 5.32 Å². The molecule has 0 fully saturated rings. The Morgan fingerprint density at radius 2 is 1.71 bits per heavy atom. The molecule has 4 rings (SSSR count). The van der Waals surface area contributed by atoms with Crippen LogP contribution >= 0.6 is 11.8 Å². The third-order valence-electron chi connectivity index (χ3n) is 5.35. The van der Waals surface area contributed by atoms with Crippen LogP contribution in [0.15, 0.2) is 82.6 Å². The number of thioether (sulfide) groups is 1. The standard InChI is InChI=1S/C25H26N2O5S2/c1-18-7-9-19(10-8-18)27(34(29,30)22-13-11-21(33-2)12-14-22)16-25(28)26-15-20-17-31-23-5-3-4-6-24(23)32-20/h3-14,20H,15-17H2,1-2H3,(H,26,28)/t20-/m0/s1. The first-order valence-electron chi connectivity index (χ1n) is 10.8. The maximum atomic E-state index is 13.5. The molecule has 1 N–H and O–H groups in total. The van der Waals surface area contributed by atoms with Gasteiger partial charge in [0, 0.05) is 4.90 Å². The molecule has 178 valence electrons. The lowest BCUT2D eigenvalue weighted by Gasteiger charge is -2.27. The van der Waals surface area contributed by atoms with E-state index in [4.69, 9.17) is 9.47 Å². The zero-order chi connectivity index (χ0) is 24.1. The van der Waals surface area contributed by atoms with Gasteiger partial charge in [-0.2, -0.15) is 0 Å². The molecular formula is C25H26N2O5S2. The molecule has 1 aliphatic rings. The van der Waals surface area contributed by atoms with Crippen molar-refractivity contribution >= 4 is 33.4 Å². The van der Waals surface area contributed by atoms with Crippen LogP contribution in [0.5, 0.6) is 11.5 Å². The Balaban J connectivity index is 1.49. The van der Waals surface area contributed by atoms with E-state index in [1.165, 1.54) is 11.8 Å². The molecule has 1 amide bonds. The Labute approximate surface area is 204 Å². The molecule has 3 aromatic carbocycles. The van der Waals surface area contributed by atoms with Gasteiger partial charge in [0.1, 0.15) is 19.3 Å². The van der Waals surface area contributed by atoms with Crippen LogP contribution in [0.1, 0.15) is 5.56 Å². The Kier molecular flexibility index (Phi) is 7.33. The zero-order valence-corrected chi connectivity index (χ0v) is 20.6. The normalized spacial score (nSPS) is 14.9. The topological polar surface area (TPSA) is 84.9 Å². The fraction of sp³-hybridized carbons (Fsp3) is 0.240. The highest BCUT2D eigenvalue weighted by atomic mass is 32.2. The number of carbonyl (C=O) groups is 1. The highest BCUT2D eigenvalue weighted by molar-refractivity contribution is 7.98. The summed E-state index contributed by atoms with van der Waals surface area (Å²) in [6.45, 7) is 2.04. The number of carbonyl (C=O) groups excluding carboxylic acids is 1. The number of hydrogen-bond donors (Lipinski definition) is 1. The lowest BCUT2D eigenvalue weighted by atomic mass is 10.2. The molecule has 0 aromatic heterocycles. The number of anilines is 1. The molecule has 1 aliphatic heterocycles. The smallest absolute Gasteiger partial charge is 0.264 e. The molecule has 0 radical (unpaired) electrons. The van der Waals surface area contributed by atoms with Gasteiger partial charge < -0.3 is 14.8 Å². The van der Waals surface area contributed by atoms with E-state index < -0.39 is 15.9 Å². The van der Waals surface area contributed by atoms with Crippen LogP contribution in [0, 0.1) is 6.92 Å². The lowest BCUT2D eigenvalue weighted by molar-refractivity contribution is -0.120. The average Bonchev–Trinajstić information content (AvgIpc) is 2.86. The van der Waals surface area contributed by atoms with E-state index in [-0.39, 0.29) is 24.1 Å². The summed E-state index contributed by atoms with van der Waals surface area (Å²) in [4.78, 5) is 13.9. The number of fused-ring (bicyclic) bond motifs is 1. The summed E-state index contributed by atoms with van der Waals surface area (Å²) in [6, 6.07) is 21.0. The molecule has 0 spiro atoms. The van der Waals surface area contributed by atoms with E-state index in [0.717, 1.165) is 14.8 Å². The van der Waals surface area contributed by atoms with Crippen molar-refractivity contribution < 1.29 is 22.7 Å². The monoisotopic (exact) mass is 498 g/mol. The molecular weight excluding hydrogens is 472 g/mol. The number of benzene rings is 3. The minimum atomic E-state index is -3.96. The first-order chi connectivity index (χ1) is 16.4. The van der Waals surface area contributed by atoms with Gasteiger partial charge in [0.15, 0.2) is 11.5 Å². The third-order valence-corrected chi connectivity index (χ3v) is 7.88. The third kappa shape index (κ3) is 5.48. The fourth-order valence-electron chi connectivity index (χ4n) is 3.48. The van der Waals surface area contributed by atoms with Crippen molar-refractivity contribution in [3.05, 3.63) is 78.4 Å². The van der Waals surface area contributed by atoms with Gasteiger partial charge >= 0.3 is 0 Å². The van der Waals surface area contributed by atoms with E-state index in [0.29, 0.717) is 23.8 Å². The first-order valence-corrected chi connectivity index (χ1v) is 13.4. The second-order valence-electron chi connectivity index (χ2n) is 7.82. The SMILES string of the molecule is CSc1ccc(S(=O)(=O)N(CC(=O)NC[C@H]2COc3ccccc3O2)c2ccc(C)cc2)cc1. The van der Waals surface area contributed by atoms with Crippen molar-refractivity contribution in [1.29, 1.82) is 0 Å². The molecule has 0 aliphatic carbocycles. The number of ether oxygens (including phenoxy) is 2. The largest absolute Gasteiger partial charge is 0.486 e. The summed E-state index contributed by atoms with van der Waals surface area (Å²) in [5.74, 6) is 0.840. The van der Waals surface area contributed by atoms with Crippen LogP contribution in [0.2, 0.25) is 0 Å². The molecule has 1 heterocycles. The summed E-state index contributed by atoms with van der Waals surface area (Å²) in [7, 11) is -3.96. The van der Waals surface area contributed by atoms with Gasteiger partial charge in [0.05, 0.1) is 17.1 Å². The highest BCUT2D eigenvalue weighted by Gasteiger charge is 2.28. The van der Waals surface area contributed by atoms with Gasteiger partial charge in [-0.15, -0.1) is 11.8 Å². The van der Waals surface area contributed by atoms with Crippen LogP contribution in [0.3, 0.4) is 0 Å². The molecule has 0 unspecified atom stereocenters. The molecule has 1 atom stereocenters. The van der Waals surface area contributed by atoms with Crippen molar-refractivity contribution in [2.45, 2.75) is 22.8 Å². The molecule has 7 nitrogen and oxygen atoms in total. The second-order valence-corrected chi connectivity index (χ2v) is 10.6. The van der Waals surface area contributed by atoms with Gasteiger partial charge in [-0.1, -0.05) is 29.8 Å². The van der Waals surface area contributed by atoms with Crippen molar-refractivity contribution in [2.75, 3.05) is 30.3 Å². The number of aryl methyl sites for hydroxylation is 1. The van der Waals surface area contributed by atoms with Gasteiger partial charge in [-0.3, -0.25) is 9.10 Å². The molecule has 0 saturated heterocycles. The first kappa shape index (κ1) is 24.0. The zero-order valence-electron chi connectivity index (χ0n) is 18.9. The lowest BCUT2D eigenvalue weighted by Crippen LogP contribution is -2.45. The summed E-state index contributed by atoms with van der Waals surface area (Å²) in [5, 5.41) is 2.78. The summed E-state index contributed by atoms with van der Waals surface area (Å²) < 4.78 is 39.7. The predicted molar refractivity (Wildman–Crippen MR) is 133 cm³/mol.